The van der Waals surface area contributed by atoms with Crippen molar-refractivity contribution in [3.8, 4) is 0 Å². The van der Waals surface area contributed by atoms with Gasteiger partial charge in [0.25, 0.3) is 6.01 Å². The molecule has 148 valence electrons. The minimum atomic E-state index is 0.501. The van der Waals surface area contributed by atoms with Crippen LogP contribution in [-0.2, 0) is 4.74 Å². The van der Waals surface area contributed by atoms with E-state index in [4.69, 9.17) is 9.15 Å². The molecule has 28 heavy (non-hydrogen) atoms. The Labute approximate surface area is 173 Å². The Morgan fingerprint density at radius 2 is 2.00 bits per heavy atom. The first kappa shape index (κ1) is 19.2. The van der Waals surface area contributed by atoms with Gasteiger partial charge in [-0.25, -0.2) is 0 Å². The zero-order valence-corrected chi connectivity index (χ0v) is 17.8. The van der Waals surface area contributed by atoms with Crippen LogP contribution in [0.3, 0.4) is 0 Å². The molecule has 1 aliphatic heterocycles. The van der Waals surface area contributed by atoms with E-state index in [1.165, 1.54) is 11.3 Å². The quantitative estimate of drug-likeness (QED) is 0.607. The second-order valence-corrected chi connectivity index (χ2v) is 7.91. The van der Waals surface area contributed by atoms with Crippen molar-refractivity contribution in [2.45, 2.75) is 6.92 Å². The molecule has 0 unspecified atom stereocenters. The van der Waals surface area contributed by atoms with Crippen LogP contribution in [0.1, 0.15) is 5.56 Å². The highest BCUT2D eigenvalue weighted by atomic mass is 79.9. The normalized spacial score (nSPS) is 15.3. The number of oxazole rings is 1. The van der Waals surface area contributed by atoms with Crippen molar-refractivity contribution in [2.75, 3.05) is 56.7 Å². The molecular formula is C21H25BrN4O2. The number of piperazine rings is 1. The van der Waals surface area contributed by atoms with Crippen LogP contribution in [0.25, 0.3) is 11.1 Å². The molecule has 0 bridgehead atoms. The van der Waals surface area contributed by atoms with Crippen LogP contribution in [0.15, 0.2) is 45.3 Å². The van der Waals surface area contributed by atoms with Crippen molar-refractivity contribution in [1.29, 1.82) is 0 Å². The van der Waals surface area contributed by atoms with E-state index in [-0.39, 0.29) is 0 Å². The molecule has 1 fully saturated rings. The van der Waals surface area contributed by atoms with Gasteiger partial charge < -0.3 is 19.4 Å². The number of ether oxygens (including phenoxy) is 1. The van der Waals surface area contributed by atoms with E-state index in [0.29, 0.717) is 6.01 Å². The predicted molar refractivity (Wildman–Crippen MR) is 117 cm³/mol. The van der Waals surface area contributed by atoms with Gasteiger partial charge in [-0.2, -0.15) is 4.98 Å². The predicted octanol–water partition coefficient (Wildman–Crippen LogP) is 4.41. The molecule has 1 saturated heterocycles. The van der Waals surface area contributed by atoms with Gasteiger partial charge in [-0.3, -0.25) is 4.90 Å². The molecule has 0 atom stereocenters. The molecule has 6 nitrogen and oxygen atoms in total. The number of anilines is 3. The summed E-state index contributed by atoms with van der Waals surface area (Å²) < 4.78 is 11.9. The monoisotopic (exact) mass is 444 g/mol. The van der Waals surface area contributed by atoms with Crippen LogP contribution < -0.4 is 10.2 Å². The van der Waals surface area contributed by atoms with Crippen molar-refractivity contribution < 1.29 is 9.15 Å². The number of halogens is 1. The van der Waals surface area contributed by atoms with Crippen LogP contribution in [0.5, 0.6) is 0 Å². The summed E-state index contributed by atoms with van der Waals surface area (Å²) in [5.74, 6) is 0. The van der Waals surface area contributed by atoms with Gasteiger partial charge in [0, 0.05) is 51.2 Å². The first-order valence-corrected chi connectivity index (χ1v) is 10.3. The minimum absolute atomic E-state index is 0.501. The Balaban J connectivity index is 1.43. The standard InChI is InChI=1S/C21H25BrN4O2/c1-15-14-16(23-21-24-18-5-3-4-17(22)20(18)28-21)6-7-19(15)26-10-8-25(9-11-26)12-13-27-2/h3-7,14H,8-13H2,1-2H3,(H,23,24). The largest absolute Gasteiger partial charge is 0.422 e. The molecule has 0 aliphatic carbocycles. The van der Waals surface area contributed by atoms with Crippen molar-refractivity contribution in [1.82, 2.24) is 9.88 Å². The highest BCUT2D eigenvalue weighted by Crippen LogP contribution is 2.30. The van der Waals surface area contributed by atoms with Crippen LogP contribution in [-0.4, -0.2) is 56.3 Å². The Hall–Kier alpha value is -2.09. The molecule has 0 saturated carbocycles. The van der Waals surface area contributed by atoms with Crippen molar-refractivity contribution >= 4 is 44.4 Å². The fraction of sp³-hybridized carbons (Fsp3) is 0.381. The van der Waals surface area contributed by atoms with E-state index in [0.717, 1.165) is 60.6 Å². The number of hydrogen-bond donors (Lipinski definition) is 1. The summed E-state index contributed by atoms with van der Waals surface area (Å²) in [6.45, 7) is 8.17. The molecule has 1 aromatic heterocycles. The fourth-order valence-electron chi connectivity index (χ4n) is 3.61. The number of aryl methyl sites for hydroxylation is 1. The Kier molecular flexibility index (Phi) is 5.85. The smallest absolute Gasteiger partial charge is 0.300 e. The zero-order chi connectivity index (χ0) is 19.5. The maximum Gasteiger partial charge on any atom is 0.300 e. The lowest BCUT2D eigenvalue weighted by Crippen LogP contribution is -2.47. The van der Waals surface area contributed by atoms with Gasteiger partial charge in [0.05, 0.1) is 11.1 Å². The zero-order valence-electron chi connectivity index (χ0n) is 16.2. The average molecular weight is 445 g/mol. The number of methoxy groups -OCH3 is 1. The summed E-state index contributed by atoms with van der Waals surface area (Å²) in [6, 6.07) is 12.8. The molecule has 2 heterocycles. The average Bonchev–Trinajstić information content (AvgIpc) is 3.11. The van der Waals surface area contributed by atoms with E-state index >= 15 is 0 Å². The maximum atomic E-state index is 5.84. The van der Waals surface area contributed by atoms with Crippen molar-refractivity contribution in [2.24, 2.45) is 0 Å². The van der Waals surface area contributed by atoms with Crippen molar-refractivity contribution in [3.05, 3.63) is 46.4 Å². The van der Waals surface area contributed by atoms with Gasteiger partial charge in [0.15, 0.2) is 5.58 Å². The summed E-state index contributed by atoms with van der Waals surface area (Å²) >= 11 is 3.50. The fourth-order valence-corrected chi connectivity index (χ4v) is 4.05. The molecule has 0 radical (unpaired) electrons. The third kappa shape index (κ3) is 4.16. The Morgan fingerprint density at radius 1 is 1.18 bits per heavy atom. The topological polar surface area (TPSA) is 53.8 Å². The molecule has 2 aromatic carbocycles. The Bertz CT molecular complexity index is 951. The lowest BCUT2D eigenvalue weighted by Gasteiger charge is -2.36. The first-order valence-electron chi connectivity index (χ1n) is 9.53. The summed E-state index contributed by atoms with van der Waals surface area (Å²) in [5, 5.41) is 3.28. The SMILES string of the molecule is COCCN1CCN(c2ccc(Nc3nc4cccc(Br)c4o3)cc2C)CC1. The van der Waals surface area contributed by atoms with Gasteiger partial charge in [-0.1, -0.05) is 6.07 Å². The molecule has 0 spiro atoms. The molecule has 4 rings (SSSR count). The highest BCUT2D eigenvalue weighted by Gasteiger charge is 2.18. The second kappa shape index (κ2) is 8.51. The minimum Gasteiger partial charge on any atom is -0.422 e. The first-order chi connectivity index (χ1) is 13.6. The number of hydrogen-bond acceptors (Lipinski definition) is 6. The Morgan fingerprint density at radius 3 is 2.71 bits per heavy atom. The van der Waals surface area contributed by atoms with E-state index < -0.39 is 0 Å². The van der Waals surface area contributed by atoms with Gasteiger partial charge >= 0.3 is 0 Å². The number of para-hydroxylation sites is 1. The number of benzene rings is 2. The van der Waals surface area contributed by atoms with E-state index in [1.54, 1.807) is 7.11 Å². The van der Waals surface area contributed by atoms with Gasteiger partial charge in [-0.05, 0) is 58.7 Å². The molecule has 1 aliphatic rings. The molecule has 0 amide bonds. The van der Waals surface area contributed by atoms with Crippen molar-refractivity contribution in [3.63, 3.8) is 0 Å². The van der Waals surface area contributed by atoms with Gasteiger partial charge in [-0.15, -0.1) is 0 Å². The molecule has 1 N–H and O–H groups in total. The summed E-state index contributed by atoms with van der Waals surface area (Å²) in [5.41, 5.74) is 5.09. The van der Waals surface area contributed by atoms with Crippen LogP contribution in [0.4, 0.5) is 17.4 Å². The van der Waals surface area contributed by atoms with Crippen LogP contribution in [0.2, 0.25) is 0 Å². The third-order valence-corrected chi connectivity index (χ3v) is 5.76. The molecule has 3 aromatic rings. The molecule has 7 heteroatoms. The number of nitrogens with one attached hydrogen (secondary N) is 1. The van der Waals surface area contributed by atoms with E-state index in [9.17, 15) is 0 Å². The number of nitrogens with zero attached hydrogens (tertiary/aromatic N) is 3. The maximum absolute atomic E-state index is 5.84. The second-order valence-electron chi connectivity index (χ2n) is 7.05. The number of fused-ring (bicyclic) bond motifs is 1. The summed E-state index contributed by atoms with van der Waals surface area (Å²) in [7, 11) is 1.76. The summed E-state index contributed by atoms with van der Waals surface area (Å²) in [6.07, 6.45) is 0. The lowest BCUT2D eigenvalue weighted by atomic mass is 10.1. The van der Waals surface area contributed by atoms with Gasteiger partial charge in [0.2, 0.25) is 0 Å². The number of aromatic nitrogens is 1. The molecular weight excluding hydrogens is 420 g/mol. The van der Waals surface area contributed by atoms with Crippen LogP contribution >= 0.6 is 15.9 Å². The lowest BCUT2D eigenvalue weighted by molar-refractivity contribution is 0.144. The van der Waals surface area contributed by atoms with Crippen LogP contribution in [0, 0.1) is 6.92 Å². The summed E-state index contributed by atoms with van der Waals surface area (Å²) in [4.78, 5) is 9.42. The van der Waals surface area contributed by atoms with E-state index in [2.05, 4.69) is 61.2 Å². The third-order valence-electron chi connectivity index (χ3n) is 5.14. The highest BCUT2D eigenvalue weighted by molar-refractivity contribution is 9.10. The van der Waals surface area contributed by atoms with E-state index in [1.807, 2.05) is 18.2 Å². The number of rotatable bonds is 6. The van der Waals surface area contributed by atoms with Gasteiger partial charge in [0.1, 0.15) is 5.52 Å².